The van der Waals surface area contributed by atoms with E-state index in [0.717, 1.165) is 49.0 Å². The zero-order valence-corrected chi connectivity index (χ0v) is 12.6. The topological polar surface area (TPSA) is 26.3 Å². The molecule has 1 aromatic rings. The molecule has 2 aliphatic rings. The molecule has 21 heavy (non-hydrogen) atoms. The van der Waals surface area contributed by atoms with E-state index >= 15 is 0 Å². The normalized spacial score (nSPS) is 22.5. The molecule has 0 saturated heterocycles. The number of para-hydroxylation sites is 1. The van der Waals surface area contributed by atoms with Crippen molar-refractivity contribution in [2.45, 2.75) is 63.9 Å². The van der Waals surface area contributed by atoms with E-state index in [0.29, 0.717) is 18.3 Å². The van der Waals surface area contributed by atoms with Gasteiger partial charge in [-0.05, 0) is 62.7 Å². The van der Waals surface area contributed by atoms with E-state index in [1.165, 1.54) is 19.3 Å². The average Bonchev–Trinajstić information content (AvgIpc) is 2.52. The predicted octanol–water partition coefficient (Wildman–Crippen LogP) is 4.92. The summed E-state index contributed by atoms with van der Waals surface area (Å²) >= 11 is 0. The third-order valence-corrected chi connectivity index (χ3v) is 4.55. The third-order valence-electron chi connectivity index (χ3n) is 4.55. The van der Waals surface area contributed by atoms with Crippen LogP contribution in [-0.4, -0.2) is 11.9 Å². The lowest BCUT2D eigenvalue weighted by atomic mass is 9.92. The molecule has 2 aliphatic carbocycles. The Labute approximate surface area is 127 Å². The molecule has 2 heteroatoms. The summed E-state index contributed by atoms with van der Waals surface area (Å²) in [6.07, 6.45) is 12.4. The third kappa shape index (κ3) is 3.75. The van der Waals surface area contributed by atoms with Crippen LogP contribution in [0.15, 0.2) is 29.8 Å². The fourth-order valence-corrected chi connectivity index (χ4v) is 3.31. The zero-order chi connectivity index (χ0) is 14.5. The Morgan fingerprint density at radius 1 is 0.952 bits per heavy atom. The SMILES string of the molecule is O=C1CCCCC1=Cc1ccccc1OC1CCCCC1. The lowest BCUT2D eigenvalue weighted by molar-refractivity contribution is -0.116. The van der Waals surface area contributed by atoms with Gasteiger partial charge in [-0.15, -0.1) is 0 Å². The van der Waals surface area contributed by atoms with E-state index in [9.17, 15) is 4.79 Å². The van der Waals surface area contributed by atoms with Crippen molar-refractivity contribution in [3.63, 3.8) is 0 Å². The Hall–Kier alpha value is -1.57. The number of carbonyl (C=O) groups excluding carboxylic acids is 1. The molecule has 0 atom stereocenters. The minimum Gasteiger partial charge on any atom is -0.490 e. The molecule has 0 radical (unpaired) electrons. The van der Waals surface area contributed by atoms with Gasteiger partial charge >= 0.3 is 0 Å². The number of carbonyl (C=O) groups is 1. The number of ether oxygens (including phenoxy) is 1. The van der Waals surface area contributed by atoms with Gasteiger partial charge in [-0.2, -0.15) is 0 Å². The van der Waals surface area contributed by atoms with Gasteiger partial charge in [-0.25, -0.2) is 0 Å². The van der Waals surface area contributed by atoms with Crippen LogP contribution < -0.4 is 4.74 Å². The Morgan fingerprint density at radius 3 is 2.52 bits per heavy atom. The quantitative estimate of drug-likeness (QED) is 0.736. The van der Waals surface area contributed by atoms with Crippen molar-refractivity contribution in [3.8, 4) is 5.75 Å². The van der Waals surface area contributed by atoms with Crippen molar-refractivity contribution in [2.24, 2.45) is 0 Å². The second kappa shape index (κ2) is 6.93. The number of Topliss-reactive ketones (excluding diaryl/α,β-unsaturated/α-hetero) is 1. The van der Waals surface area contributed by atoms with Crippen molar-refractivity contribution in [3.05, 3.63) is 35.4 Å². The minimum absolute atomic E-state index is 0.314. The van der Waals surface area contributed by atoms with Gasteiger partial charge in [0.2, 0.25) is 0 Å². The molecular weight excluding hydrogens is 260 g/mol. The van der Waals surface area contributed by atoms with E-state index in [-0.39, 0.29) is 0 Å². The summed E-state index contributed by atoms with van der Waals surface area (Å²) < 4.78 is 6.21. The first kappa shape index (κ1) is 14.4. The number of allylic oxidation sites excluding steroid dienone is 1. The molecule has 112 valence electrons. The van der Waals surface area contributed by atoms with E-state index in [1.807, 2.05) is 18.2 Å². The van der Waals surface area contributed by atoms with Crippen molar-refractivity contribution in [1.82, 2.24) is 0 Å². The summed E-state index contributed by atoms with van der Waals surface area (Å²) in [7, 11) is 0. The van der Waals surface area contributed by atoms with Crippen LogP contribution in [0.5, 0.6) is 5.75 Å². The van der Waals surface area contributed by atoms with Crippen LogP contribution in [0.25, 0.3) is 6.08 Å². The summed E-state index contributed by atoms with van der Waals surface area (Å²) in [5, 5.41) is 0. The first-order valence-electron chi connectivity index (χ1n) is 8.32. The van der Waals surface area contributed by atoms with Crippen LogP contribution in [-0.2, 0) is 4.79 Å². The van der Waals surface area contributed by atoms with Crippen molar-refractivity contribution < 1.29 is 9.53 Å². The van der Waals surface area contributed by atoms with Crippen LogP contribution in [0.3, 0.4) is 0 Å². The first-order valence-corrected chi connectivity index (χ1v) is 8.32. The zero-order valence-electron chi connectivity index (χ0n) is 12.6. The summed E-state index contributed by atoms with van der Waals surface area (Å²) in [6, 6.07) is 8.14. The van der Waals surface area contributed by atoms with E-state index in [1.54, 1.807) is 0 Å². The average molecular weight is 284 g/mol. The Kier molecular flexibility index (Phi) is 4.74. The molecule has 0 heterocycles. The molecule has 0 unspecified atom stereocenters. The van der Waals surface area contributed by atoms with Crippen molar-refractivity contribution >= 4 is 11.9 Å². The summed E-state index contributed by atoms with van der Waals surface area (Å²) in [6.45, 7) is 0. The Bertz CT molecular complexity index is 524. The molecule has 0 spiro atoms. The number of hydrogen-bond acceptors (Lipinski definition) is 2. The van der Waals surface area contributed by atoms with Gasteiger partial charge in [0.15, 0.2) is 5.78 Å². The molecule has 0 bridgehead atoms. The van der Waals surface area contributed by atoms with Crippen LogP contribution in [0.2, 0.25) is 0 Å². The van der Waals surface area contributed by atoms with Crippen molar-refractivity contribution in [1.29, 1.82) is 0 Å². The minimum atomic E-state index is 0.314. The fourth-order valence-electron chi connectivity index (χ4n) is 3.31. The maximum atomic E-state index is 12.0. The Morgan fingerprint density at radius 2 is 1.71 bits per heavy atom. The number of benzene rings is 1. The molecule has 0 aromatic heterocycles. The van der Waals surface area contributed by atoms with Gasteiger partial charge in [0.25, 0.3) is 0 Å². The molecule has 2 saturated carbocycles. The van der Waals surface area contributed by atoms with Gasteiger partial charge < -0.3 is 4.74 Å². The summed E-state index contributed by atoms with van der Waals surface area (Å²) in [4.78, 5) is 12.0. The second-order valence-corrected chi connectivity index (χ2v) is 6.22. The largest absolute Gasteiger partial charge is 0.490 e. The number of hydrogen-bond donors (Lipinski definition) is 0. The molecule has 2 fully saturated rings. The highest BCUT2D eigenvalue weighted by molar-refractivity contribution is 6.00. The predicted molar refractivity (Wildman–Crippen MR) is 85.4 cm³/mol. The van der Waals surface area contributed by atoms with E-state index < -0.39 is 0 Å². The number of ketones is 1. The lowest BCUT2D eigenvalue weighted by Crippen LogP contribution is -2.20. The molecule has 0 N–H and O–H groups in total. The highest BCUT2D eigenvalue weighted by Gasteiger charge is 2.18. The van der Waals surface area contributed by atoms with Gasteiger partial charge in [-0.3, -0.25) is 4.79 Å². The van der Waals surface area contributed by atoms with Gasteiger partial charge in [0.05, 0.1) is 6.10 Å². The van der Waals surface area contributed by atoms with E-state index in [4.69, 9.17) is 4.74 Å². The highest BCUT2D eigenvalue weighted by atomic mass is 16.5. The lowest BCUT2D eigenvalue weighted by Gasteiger charge is -2.24. The molecular formula is C19H24O2. The second-order valence-electron chi connectivity index (χ2n) is 6.22. The maximum Gasteiger partial charge on any atom is 0.158 e. The van der Waals surface area contributed by atoms with Gasteiger partial charge in [-0.1, -0.05) is 24.6 Å². The monoisotopic (exact) mass is 284 g/mol. The first-order chi connectivity index (χ1) is 10.3. The Balaban J connectivity index is 1.78. The molecule has 3 rings (SSSR count). The maximum absolute atomic E-state index is 12.0. The summed E-state index contributed by atoms with van der Waals surface area (Å²) in [5.41, 5.74) is 2.04. The van der Waals surface area contributed by atoms with Gasteiger partial charge in [0, 0.05) is 12.0 Å². The van der Waals surface area contributed by atoms with Gasteiger partial charge in [0.1, 0.15) is 5.75 Å². The smallest absolute Gasteiger partial charge is 0.158 e. The van der Waals surface area contributed by atoms with Crippen LogP contribution >= 0.6 is 0 Å². The molecule has 0 aliphatic heterocycles. The van der Waals surface area contributed by atoms with Crippen molar-refractivity contribution in [2.75, 3.05) is 0 Å². The van der Waals surface area contributed by atoms with E-state index in [2.05, 4.69) is 12.1 Å². The molecule has 2 nitrogen and oxygen atoms in total. The highest BCUT2D eigenvalue weighted by Crippen LogP contribution is 2.29. The summed E-state index contributed by atoms with van der Waals surface area (Å²) in [5.74, 6) is 1.25. The molecule has 0 amide bonds. The molecule has 1 aromatic carbocycles. The number of rotatable bonds is 3. The fraction of sp³-hybridized carbons (Fsp3) is 0.526. The standard InChI is InChI=1S/C19H24O2/c20-18-12-6-4-8-15(18)14-16-9-5-7-13-19(16)21-17-10-2-1-3-11-17/h5,7,9,13-14,17H,1-4,6,8,10-12H2. The van der Waals surface area contributed by atoms with Crippen LogP contribution in [0, 0.1) is 0 Å². The van der Waals surface area contributed by atoms with Crippen LogP contribution in [0.1, 0.15) is 63.4 Å². The van der Waals surface area contributed by atoms with Crippen LogP contribution in [0.4, 0.5) is 0 Å².